The van der Waals surface area contributed by atoms with E-state index < -0.39 is 52.3 Å². The number of esters is 2. The number of carboxylic acids is 2. The molecule has 0 aliphatic rings. The highest BCUT2D eigenvalue weighted by Crippen LogP contribution is 2.26. The first-order chi connectivity index (χ1) is 16.2. The second kappa shape index (κ2) is 11.9. The Morgan fingerprint density at radius 3 is 1.39 bits per heavy atom. The summed E-state index contributed by atoms with van der Waals surface area (Å²) < 4.78 is 37.7. The fourth-order valence-corrected chi connectivity index (χ4v) is 3.42. The lowest BCUT2D eigenvalue weighted by Gasteiger charge is -2.21. The van der Waals surface area contributed by atoms with Crippen molar-refractivity contribution in [2.45, 2.75) is 52.7 Å². The number of hydrogen-bond donors (Lipinski definition) is 2. The highest BCUT2D eigenvalue weighted by atomic mass is 79.9. The molecule has 2 aromatic carbocycles. The third-order valence-electron chi connectivity index (χ3n) is 3.81. The Balaban J connectivity index is 0.000000397. The van der Waals surface area contributed by atoms with E-state index in [1.165, 1.54) is 6.07 Å². The summed E-state index contributed by atoms with van der Waals surface area (Å²) in [5, 5.41) is 17.1. The lowest BCUT2D eigenvalue weighted by Crippen LogP contribution is -2.26. The maximum Gasteiger partial charge on any atom is 0.341 e. The second-order valence-corrected chi connectivity index (χ2v) is 10.9. The van der Waals surface area contributed by atoms with Crippen molar-refractivity contribution in [1.29, 1.82) is 0 Å². The molecule has 2 rings (SSSR count). The van der Waals surface area contributed by atoms with Gasteiger partial charge in [0.2, 0.25) is 0 Å². The molecule has 12 heteroatoms. The number of aromatic carboxylic acids is 2. The molecule has 0 fully saturated rings. The molecule has 0 amide bonds. The van der Waals surface area contributed by atoms with Gasteiger partial charge in [-0.05, 0) is 97.7 Å². The molecule has 0 heterocycles. The molecule has 0 aliphatic carbocycles. The van der Waals surface area contributed by atoms with Crippen molar-refractivity contribution >= 4 is 55.7 Å². The Morgan fingerprint density at radius 1 is 0.639 bits per heavy atom. The van der Waals surface area contributed by atoms with Gasteiger partial charge in [-0.25, -0.2) is 28.0 Å². The molecule has 2 N–H and O–H groups in total. The first-order valence-electron chi connectivity index (χ1n) is 10.1. The van der Waals surface area contributed by atoms with Crippen molar-refractivity contribution < 1.29 is 47.6 Å². The van der Waals surface area contributed by atoms with Gasteiger partial charge >= 0.3 is 23.9 Å². The highest BCUT2D eigenvalue weighted by Gasteiger charge is 2.26. The Morgan fingerprint density at radius 2 is 0.972 bits per heavy atom. The summed E-state index contributed by atoms with van der Waals surface area (Å²) in [4.78, 5) is 44.9. The van der Waals surface area contributed by atoms with Gasteiger partial charge in [0.05, 0.1) is 22.3 Å². The van der Waals surface area contributed by atoms with E-state index in [2.05, 4.69) is 31.9 Å². The molecule has 0 saturated heterocycles. The number of carbonyl (C=O) groups excluding carboxylic acids is 2. The Kier molecular flexibility index (Phi) is 10.3. The molecule has 0 radical (unpaired) electrons. The molecule has 0 atom stereocenters. The number of ether oxygens (including phenoxy) is 2. The molecule has 0 bridgehead atoms. The minimum Gasteiger partial charge on any atom is -0.478 e. The smallest absolute Gasteiger partial charge is 0.341 e. The molecule has 2 aromatic rings. The number of rotatable bonds is 4. The third kappa shape index (κ3) is 9.30. The third-order valence-corrected chi connectivity index (χ3v) is 5.12. The SMILES string of the molecule is CC(C)(C)OC(=O)c1cc(Br)c(C(=O)OC(C)(C)C)cc1F.O=C(O)c1cc(Br)c(C(=O)O)cc1F. The zero-order valence-corrected chi connectivity index (χ0v) is 23.3. The number of benzene rings is 2. The molecule has 196 valence electrons. The van der Waals surface area contributed by atoms with Gasteiger partial charge in [0.25, 0.3) is 0 Å². The van der Waals surface area contributed by atoms with E-state index in [1.807, 2.05) is 0 Å². The topological polar surface area (TPSA) is 127 Å². The van der Waals surface area contributed by atoms with Crippen molar-refractivity contribution in [3.05, 3.63) is 67.1 Å². The van der Waals surface area contributed by atoms with E-state index in [9.17, 15) is 28.0 Å². The fraction of sp³-hybridized carbons (Fsp3) is 0.333. The summed E-state index contributed by atoms with van der Waals surface area (Å²) in [5.74, 6) is -6.14. The van der Waals surface area contributed by atoms with Gasteiger partial charge in [-0.1, -0.05) is 0 Å². The summed E-state index contributed by atoms with van der Waals surface area (Å²) in [7, 11) is 0. The van der Waals surface area contributed by atoms with Gasteiger partial charge < -0.3 is 19.7 Å². The molecule has 0 unspecified atom stereocenters. The predicted octanol–water partition coefficient (Wildman–Crippen LogP) is 6.48. The van der Waals surface area contributed by atoms with Gasteiger partial charge in [-0.2, -0.15) is 0 Å². The van der Waals surface area contributed by atoms with E-state index in [-0.39, 0.29) is 25.6 Å². The molecule has 0 aromatic heterocycles. The van der Waals surface area contributed by atoms with Gasteiger partial charge in [-0.3, -0.25) is 0 Å². The Labute approximate surface area is 222 Å². The molecule has 0 aliphatic heterocycles. The number of carboxylic acid groups (broad SMARTS) is 2. The van der Waals surface area contributed by atoms with Crippen LogP contribution in [0.25, 0.3) is 0 Å². The van der Waals surface area contributed by atoms with Crippen LogP contribution < -0.4 is 0 Å². The van der Waals surface area contributed by atoms with E-state index in [0.717, 1.165) is 12.1 Å². The molecule has 8 nitrogen and oxygen atoms in total. The summed E-state index contributed by atoms with van der Waals surface area (Å²) in [5.41, 5.74) is -2.54. The van der Waals surface area contributed by atoms with Crippen LogP contribution in [0.3, 0.4) is 0 Å². The average Bonchev–Trinajstić information content (AvgIpc) is 2.68. The zero-order valence-electron chi connectivity index (χ0n) is 20.2. The van der Waals surface area contributed by atoms with Crippen LogP contribution in [0.5, 0.6) is 0 Å². The maximum atomic E-state index is 14.1. The average molecular weight is 638 g/mol. The van der Waals surface area contributed by atoms with Gasteiger partial charge in [0.15, 0.2) is 0 Å². The molecule has 0 spiro atoms. The Hall–Kier alpha value is -2.86. The molecule has 0 saturated carbocycles. The van der Waals surface area contributed by atoms with E-state index in [0.29, 0.717) is 6.07 Å². The minimum atomic E-state index is -1.44. The van der Waals surface area contributed by atoms with Gasteiger partial charge in [0, 0.05) is 8.95 Å². The van der Waals surface area contributed by atoms with Crippen molar-refractivity contribution in [2.75, 3.05) is 0 Å². The number of hydrogen-bond acceptors (Lipinski definition) is 6. The zero-order chi connectivity index (χ0) is 28.2. The monoisotopic (exact) mass is 636 g/mol. The Bertz CT molecular complexity index is 1100. The van der Waals surface area contributed by atoms with E-state index >= 15 is 0 Å². The minimum absolute atomic E-state index is 0.0136. The maximum absolute atomic E-state index is 14.1. The summed E-state index contributed by atoms with van der Waals surface area (Å²) in [6.45, 7) is 10.2. The van der Waals surface area contributed by atoms with Crippen LogP contribution in [-0.4, -0.2) is 45.3 Å². The van der Waals surface area contributed by atoms with Crippen LogP contribution in [0.4, 0.5) is 8.78 Å². The van der Waals surface area contributed by atoms with Crippen LogP contribution in [0.15, 0.2) is 33.2 Å². The number of carbonyl (C=O) groups is 4. The van der Waals surface area contributed by atoms with Crippen molar-refractivity contribution in [3.63, 3.8) is 0 Å². The lowest BCUT2D eigenvalue weighted by molar-refractivity contribution is 0.00466. The normalized spacial score (nSPS) is 11.2. The van der Waals surface area contributed by atoms with Crippen LogP contribution in [0.2, 0.25) is 0 Å². The molecular formula is C24H24Br2F2O8. The predicted molar refractivity (Wildman–Crippen MR) is 132 cm³/mol. The van der Waals surface area contributed by atoms with Crippen LogP contribution in [0.1, 0.15) is 83.0 Å². The number of halogens is 4. The van der Waals surface area contributed by atoms with Crippen LogP contribution >= 0.6 is 31.9 Å². The fourth-order valence-electron chi connectivity index (χ4n) is 2.40. The second-order valence-electron chi connectivity index (χ2n) is 9.24. The standard InChI is InChI=1S/C16H20BrFO4.C8H4BrFO4/c1-15(2,3)21-13(19)9-8-12(18)10(7-11(9)17)14(20)22-16(4,5)6;9-5-1-4(8(13)14)6(10)2-3(5)7(11)12/h7-8H,1-6H3;1-2H,(H,11,12)(H,13,14). The van der Waals surface area contributed by atoms with Crippen LogP contribution in [-0.2, 0) is 9.47 Å². The quantitative estimate of drug-likeness (QED) is 0.365. The van der Waals surface area contributed by atoms with Crippen molar-refractivity contribution in [2.24, 2.45) is 0 Å². The van der Waals surface area contributed by atoms with E-state index in [1.54, 1.807) is 41.5 Å². The van der Waals surface area contributed by atoms with Crippen molar-refractivity contribution in [3.8, 4) is 0 Å². The first-order valence-corrected chi connectivity index (χ1v) is 11.7. The van der Waals surface area contributed by atoms with Gasteiger partial charge in [0.1, 0.15) is 22.8 Å². The highest BCUT2D eigenvalue weighted by molar-refractivity contribution is 9.10. The summed E-state index contributed by atoms with van der Waals surface area (Å²) in [6.07, 6.45) is 0. The molecule has 36 heavy (non-hydrogen) atoms. The summed E-state index contributed by atoms with van der Waals surface area (Å²) >= 11 is 6.00. The van der Waals surface area contributed by atoms with Gasteiger partial charge in [-0.15, -0.1) is 0 Å². The molecular weight excluding hydrogens is 614 g/mol. The van der Waals surface area contributed by atoms with Crippen LogP contribution in [0, 0.1) is 11.6 Å². The lowest BCUT2D eigenvalue weighted by atomic mass is 10.1. The largest absolute Gasteiger partial charge is 0.478 e. The summed E-state index contributed by atoms with van der Waals surface area (Å²) in [6, 6.07) is 3.77. The first kappa shape index (κ1) is 31.2. The van der Waals surface area contributed by atoms with Crippen molar-refractivity contribution in [1.82, 2.24) is 0 Å². The van der Waals surface area contributed by atoms with E-state index in [4.69, 9.17) is 19.7 Å².